The van der Waals surface area contributed by atoms with Crippen LogP contribution in [0.1, 0.15) is 17.0 Å². The van der Waals surface area contributed by atoms with Gasteiger partial charge in [0.1, 0.15) is 6.07 Å². The number of carbonyl (C=O) groups excluding carboxylic acids is 1. The van der Waals surface area contributed by atoms with Crippen LogP contribution in [0.15, 0.2) is 35.2 Å². The zero-order valence-corrected chi connectivity index (χ0v) is 16.7. The maximum Gasteiger partial charge on any atom is 0.285 e. The summed E-state index contributed by atoms with van der Waals surface area (Å²) in [6, 6.07) is 11.1. The van der Waals surface area contributed by atoms with E-state index >= 15 is 0 Å². The highest BCUT2D eigenvalue weighted by Crippen LogP contribution is 2.34. The zero-order valence-electron chi connectivity index (χ0n) is 15.1. The molecule has 0 atom stereocenters. The molecule has 1 fully saturated rings. The van der Waals surface area contributed by atoms with Gasteiger partial charge in [0, 0.05) is 11.4 Å². The summed E-state index contributed by atoms with van der Waals surface area (Å²) in [5.74, 6) is 0.796. The Hall–Kier alpha value is -2.76. The Labute approximate surface area is 166 Å². The minimum Gasteiger partial charge on any atom is -0.493 e. The molecule has 6 nitrogen and oxygen atoms in total. The van der Waals surface area contributed by atoms with Crippen molar-refractivity contribution in [3.63, 3.8) is 0 Å². The molecule has 8 heteroatoms. The minimum absolute atomic E-state index is 0.0655. The van der Waals surface area contributed by atoms with Gasteiger partial charge in [0.05, 0.1) is 12.0 Å². The van der Waals surface area contributed by atoms with Gasteiger partial charge >= 0.3 is 0 Å². The fourth-order valence-electron chi connectivity index (χ4n) is 2.76. The van der Waals surface area contributed by atoms with Crippen molar-refractivity contribution in [2.45, 2.75) is 13.8 Å². The van der Waals surface area contributed by atoms with Gasteiger partial charge < -0.3 is 9.47 Å². The first-order valence-corrected chi connectivity index (χ1v) is 9.29. The summed E-state index contributed by atoms with van der Waals surface area (Å²) < 4.78 is 12.9. The Morgan fingerprint density at radius 3 is 2.56 bits per heavy atom. The number of aromatic nitrogens is 1. The van der Waals surface area contributed by atoms with Crippen molar-refractivity contribution >= 4 is 40.3 Å². The molecule has 27 heavy (non-hydrogen) atoms. The molecule has 0 aliphatic carbocycles. The average molecular weight is 399 g/mol. The van der Waals surface area contributed by atoms with Gasteiger partial charge in [-0.05, 0) is 62.0 Å². The number of amides is 1. The Kier molecular flexibility index (Phi) is 5.54. The van der Waals surface area contributed by atoms with Crippen LogP contribution >= 0.6 is 24.0 Å². The quantitative estimate of drug-likeness (QED) is 0.566. The number of rotatable bonds is 5. The Bertz CT molecular complexity index is 969. The van der Waals surface area contributed by atoms with Gasteiger partial charge in [0.2, 0.25) is 0 Å². The van der Waals surface area contributed by atoms with E-state index in [2.05, 4.69) is 0 Å². The van der Waals surface area contributed by atoms with Crippen molar-refractivity contribution in [2.24, 2.45) is 0 Å². The Morgan fingerprint density at radius 1 is 1.22 bits per heavy atom. The van der Waals surface area contributed by atoms with Gasteiger partial charge in [-0.15, -0.1) is 0 Å². The zero-order chi connectivity index (χ0) is 19.6. The van der Waals surface area contributed by atoms with Crippen LogP contribution in [-0.4, -0.2) is 28.6 Å². The smallest absolute Gasteiger partial charge is 0.285 e. The molecule has 0 unspecified atom stereocenters. The molecule has 2 aromatic rings. The highest BCUT2D eigenvalue weighted by atomic mass is 32.2. The molecular weight excluding hydrogens is 382 g/mol. The second kappa shape index (κ2) is 7.86. The molecule has 2 heterocycles. The second-order valence-corrected chi connectivity index (χ2v) is 7.45. The first-order valence-electron chi connectivity index (χ1n) is 8.07. The summed E-state index contributed by atoms with van der Waals surface area (Å²) in [4.78, 5) is 13.5. The lowest BCUT2D eigenvalue weighted by molar-refractivity contribution is -0.114. The lowest BCUT2D eigenvalue weighted by Crippen LogP contribution is -2.39. The van der Waals surface area contributed by atoms with Gasteiger partial charge in [-0.25, -0.2) is 0 Å². The van der Waals surface area contributed by atoms with Crippen LogP contribution in [0.5, 0.6) is 11.5 Å². The van der Waals surface area contributed by atoms with Crippen molar-refractivity contribution in [1.29, 1.82) is 5.26 Å². The monoisotopic (exact) mass is 399 g/mol. The number of thiocarbonyl (C=S) groups is 1. The standard InChI is InChI=1S/C19H17N3O3S2/c1-12-4-5-13(2)21(12)22-18(23)17(27-19(22)26)11-14-6-7-15(25-9-8-20)16(10-14)24-3/h4-7,10-11H,9H2,1-3H3/b17-11-. The molecule has 0 N–H and O–H groups in total. The Morgan fingerprint density at radius 2 is 1.93 bits per heavy atom. The molecule has 0 radical (unpaired) electrons. The van der Waals surface area contributed by atoms with Crippen LogP contribution in [0.25, 0.3) is 6.08 Å². The van der Waals surface area contributed by atoms with E-state index in [1.165, 1.54) is 23.9 Å². The summed E-state index contributed by atoms with van der Waals surface area (Å²) in [5.41, 5.74) is 2.65. The number of carbonyl (C=O) groups is 1. The summed E-state index contributed by atoms with van der Waals surface area (Å²) in [6.07, 6.45) is 1.77. The summed E-state index contributed by atoms with van der Waals surface area (Å²) in [7, 11) is 1.52. The average Bonchev–Trinajstić information content (AvgIpc) is 3.11. The van der Waals surface area contributed by atoms with Crippen molar-refractivity contribution < 1.29 is 14.3 Å². The summed E-state index contributed by atoms with van der Waals surface area (Å²) in [5, 5.41) is 10.2. The number of ether oxygens (including phenoxy) is 2. The van der Waals surface area contributed by atoms with Gasteiger partial charge in [0.15, 0.2) is 22.4 Å². The first-order chi connectivity index (χ1) is 13.0. The number of benzene rings is 1. The number of nitriles is 1. The van der Waals surface area contributed by atoms with Gasteiger partial charge in [-0.1, -0.05) is 17.8 Å². The van der Waals surface area contributed by atoms with E-state index in [4.69, 9.17) is 27.0 Å². The molecule has 1 aliphatic heterocycles. The summed E-state index contributed by atoms with van der Waals surface area (Å²) in [6.45, 7) is 3.80. The topological polar surface area (TPSA) is 67.5 Å². The number of hydrogen-bond donors (Lipinski definition) is 0. The van der Waals surface area contributed by atoms with Crippen LogP contribution in [0.2, 0.25) is 0 Å². The summed E-state index contributed by atoms with van der Waals surface area (Å²) >= 11 is 6.68. The molecule has 138 valence electrons. The fourth-order valence-corrected chi connectivity index (χ4v) is 4.00. The van der Waals surface area contributed by atoms with E-state index in [9.17, 15) is 4.79 Å². The maximum absolute atomic E-state index is 12.9. The molecule has 1 aromatic carbocycles. The highest BCUT2D eigenvalue weighted by molar-refractivity contribution is 8.27. The first kappa shape index (κ1) is 19.0. The van der Waals surface area contributed by atoms with Crippen LogP contribution < -0.4 is 14.5 Å². The van der Waals surface area contributed by atoms with E-state index in [1.807, 2.05) is 36.7 Å². The molecule has 1 aliphatic rings. The lowest BCUT2D eigenvalue weighted by Gasteiger charge is -2.20. The molecular formula is C19H17N3O3S2. The Balaban J connectivity index is 1.91. The lowest BCUT2D eigenvalue weighted by atomic mass is 10.2. The highest BCUT2D eigenvalue weighted by Gasteiger charge is 2.34. The van der Waals surface area contributed by atoms with Gasteiger partial charge in [-0.3, -0.25) is 9.47 Å². The van der Waals surface area contributed by atoms with E-state index < -0.39 is 0 Å². The van der Waals surface area contributed by atoms with Crippen molar-refractivity contribution in [1.82, 2.24) is 4.68 Å². The maximum atomic E-state index is 12.9. The SMILES string of the molecule is COc1cc(/C=C2\SC(=S)N(n3c(C)ccc3C)C2=O)ccc1OCC#N. The number of aryl methyl sites for hydroxylation is 2. The third-order valence-corrected chi connectivity index (χ3v) is 5.27. The predicted octanol–water partition coefficient (Wildman–Crippen LogP) is 3.55. The van der Waals surface area contributed by atoms with Crippen molar-refractivity contribution in [3.05, 3.63) is 52.2 Å². The number of nitrogens with zero attached hydrogens (tertiary/aromatic N) is 3. The predicted molar refractivity (Wildman–Crippen MR) is 109 cm³/mol. The van der Waals surface area contributed by atoms with Crippen LogP contribution in [-0.2, 0) is 4.79 Å². The van der Waals surface area contributed by atoms with Crippen LogP contribution in [0.3, 0.4) is 0 Å². The molecule has 0 spiro atoms. The van der Waals surface area contributed by atoms with Crippen molar-refractivity contribution in [2.75, 3.05) is 18.7 Å². The molecule has 0 saturated carbocycles. The van der Waals surface area contributed by atoms with Gasteiger partial charge in [-0.2, -0.15) is 10.3 Å². The largest absolute Gasteiger partial charge is 0.493 e. The van der Waals surface area contributed by atoms with E-state index in [0.717, 1.165) is 17.0 Å². The van der Waals surface area contributed by atoms with E-state index in [1.54, 1.807) is 24.3 Å². The van der Waals surface area contributed by atoms with Crippen LogP contribution in [0.4, 0.5) is 0 Å². The van der Waals surface area contributed by atoms with E-state index in [-0.39, 0.29) is 12.5 Å². The third-order valence-electron chi connectivity index (χ3n) is 3.98. The van der Waals surface area contributed by atoms with E-state index in [0.29, 0.717) is 20.7 Å². The molecule has 0 bridgehead atoms. The second-order valence-electron chi connectivity index (χ2n) is 5.78. The molecule has 3 rings (SSSR count). The number of thioether (sulfide) groups is 1. The third kappa shape index (κ3) is 3.70. The normalized spacial score (nSPS) is 15.3. The number of methoxy groups -OCH3 is 1. The number of hydrogen-bond acceptors (Lipinski definition) is 6. The van der Waals surface area contributed by atoms with Crippen molar-refractivity contribution in [3.8, 4) is 17.6 Å². The minimum atomic E-state index is -0.170. The molecule has 1 amide bonds. The molecule has 1 aromatic heterocycles. The van der Waals surface area contributed by atoms with Crippen LogP contribution in [0, 0.1) is 25.2 Å². The molecule has 1 saturated heterocycles. The van der Waals surface area contributed by atoms with Gasteiger partial charge in [0.25, 0.3) is 5.91 Å². The fraction of sp³-hybridized carbons (Fsp3) is 0.211.